The van der Waals surface area contributed by atoms with Crippen molar-refractivity contribution < 1.29 is 13.5 Å². The van der Waals surface area contributed by atoms with Crippen LogP contribution in [0.2, 0.25) is 0 Å². The van der Waals surface area contributed by atoms with Crippen LogP contribution in [0.5, 0.6) is 0 Å². The number of sulfonamides is 1. The summed E-state index contributed by atoms with van der Waals surface area (Å²) >= 11 is 0. The van der Waals surface area contributed by atoms with Crippen LogP contribution in [0, 0.1) is 0 Å². The summed E-state index contributed by atoms with van der Waals surface area (Å²) in [6.07, 6.45) is 4.18. The standard InChI is InChI=1S/C15H22N2O3S/c18-11-12-3-1-5-15(9-12)21(19,20)16-13-6-8-17-7-2-4-14(17)10-13/h1,3,5,9,13-14,16,18H,2,4,6-8,10-11H2. The van der Waals surface area contributed by atoms with Gasteiger partial charge in [-0.3, -0.25) is 0 Å². The highest BCUT2D eigenvalue weighted by Crippen LogP contribution is 2.27. The van der Waals surface area contributed by atoms with E-state index < -0.39 is 10.0 Å². The molecule has 3 rings (SSSR count). The molecule has 2 fully saturated rings. The van der Waals surface area contributed by atoms with Gasteiger partial charge in [0.25, 0.3) is 0 Å². The quantitative estimate of drug-likeness (QED) is 0.873. The van der Waals surface area contributed by atoms with E-state index in [1.165, 1.54) is 18.9 Å². The van der Waals surface area contributed by atoms with Crippen molar-refractivity contribution in [1.29, 1.82) is 0 Å². The average molecular weight is 310 g/mol. The van der Waals surface area contributed by atoms with E-state index in [0.717, 1.165) is 25.9 Å². The fraction of sp³-hybridized carbons (Fsp3) is 0.600. The highest BCUT2D eigenvalue weighted by atomic mass is 32.2. The zero-order valence-electron chi connectivity index (χ0n) is 12.0. The zero-order chi connectivity index (χ0) is 14.9. The Morgan fingerprint density at radius 3 is 2.95 bits per heavy atom. The van der Waals surface area contributed by atoms with Crippen molar-refractivity contribution in [1.82, 2.24) is 9.62 Å². The Bertz CT molecular complexity index is 603. The molecule has 2 unspecified atom stereocenters. The first-order valence-corrected chi connectivity index (χ1v) is 9.03. The Labute approximate surface area is 126 Å². The van der Waals surface area contributed by atoms with Crippen molar-refractivity contribution in [3.05, 3.63) is 29.8 Å². The SMILES string of the molecule is O=S(=O)(NC1CCN2CCCC2C1)c1cccc(CO)c1. The topological polar surface area (TPSA) is 69.6 Å². The number of piperidine rings is 1. The molecule has 0 saturated carbocycles. The molecule has 116 valence electrons. The maximum Gasteiger partial charge on any atom is 0.240 e. The molecule has 2 heterocycles. The van der Waals surface area contributed by atoms with Crippen LogP contribution < -0.4 is 4.72 Å². The second kappa shape index (κ2) is 6.04. The Morgan fingerprint density at radius 2 is 2.14 bits per heavy atom. The van der Waals surface area contributed by atoms with Gasteiger partial charge in [-0.2, -0.15) is 0 Å². The van der Waals surface area contributed by atoms with Crippen molar-refractivity contribution in [2.75, 3.05) is 13.1 Å². The molecule has 2 aliphatic rings. The lowest BCUT2D eigenvalue weighted by atomic mass is 9.99. The normalized spacial score (nSPS) is 26.7. The van der Waals surface area contributed by atoms with Crippen molar-refractivity contribution in [3.8, 4) is 0 Å². The zero-order valence-corrected chi connectivity index (χ0v) is 12.8. The van der Waals surface area contributed by atoms with E-state index in [1.54, 1.807) is 18.2 Å². The number of nitrogens with one attached hydrogen (secondary N) is 1. The van der Waals surface area contributed by atoms with Gasteiger partial charge < -0.3 is 10.0 Å². The fourth-order valence-corrected chi connectivity index (χ4v) is 4.78. The summed E-state index contributed by atoms with van der Waals surface area (Å²) in [5, 5.41) is 9.13. The molecule has 1 aromatic carbocycles. The summed E-state index contributed by atoms with van der Waals surface area (Å²) in [5.74, 6) is 0. The van der Waals surface area contributed by atoms with E-state index in [1.807, 2.05) is 0 Å². The maximum absolute atomic E-state index is 12.5. The van der Waals surface area contributed by atoms with E-state index >= 15 is 0 Å². The summed E-state index contributed by atoms with van der Waals surface area (Å²) < 4.78 is 27.7. The number of rotatable bonds is 4. The minimum atomic E-state index is -3.50. The lowest BCUT2D eigenvalue weighted by Crippen LogP contribution is -2.47. The molecule has 0 bridgehead atoms. The van der Waals surface area contributed by atoms with Gasteiger partial charge in [-0.1, -0.05) is 12.1 Å². The molecule has 2 aliphatic heterocycles. The summed E-state index contributed by atoms with van der Waals surface area (Å²) in [6, 6.07) is 7.05. The van der Waals surface area contributed by atoms with Crippen molar-refractivity contribution in [2.45, 2.75) is 49.3 Å². The van der Waals surface area contributed by atoms with Gasteiger partial charge in [-0.15, -0.1) is 0 Å². The molecular weight excluding hydrogens is 288 g/mol. The van der Waals surface area contributed by atoms with Crippen molar-refractivity contribution in [3.63, 3.8) is 0 Å². The third kappa shape index (κ3) is 3.29. The third-order valence-corrected chi connectivity index (χ3v) is 6.05. The molecule has 6 heteroatoms. The van der Waals surface area contributed by atoms with E-state index in [-0.39, 0.29) is 17.5 Å². The summed E-state index contributed by atoms with van der Waals surface area (Å²) in [6.45, 7) is 1.99. The number of aliphatic hydroxyl groups is 1. The molecule has 5 nitrogen and oxygen atoms in total. The second-order valence-corrected chi connectivity index (χ2v) is 7.69. The van der Waals surface area contributed by atoms with Gasteiger partial charge >= 0.3 is 0 Å². The predicted molar refractivity (Wildman–Crippen MR) is 80.3 cm³/mol. The largest absolute Gasteiger partial charge is 0.392 e. The van der Waals surface area contributed by atoms with Gasteiger partial charge in [0.15, 0.2) is 0 Å². The van der Waals surface area contributed by atoms with E-state index in [0.29, 0.717) is 11.6 Å². The number of nitrogens with zero attached hydrogens (tertiary/aromatic N) is 1. The Morgan fingerprint density at radius 1 is 1.29 bits per heavy atom. The first kappa shape index (κ1) is 15.0. The summed E-state index contributed by atoms with van der Waals surface area (Å²) in [7, 11) is -3.50. The number of hydrogen-bond acceptors (Lipinski definition) is 4. The van der Waals surface area contributed by atoms with Crippen LogP contribution >= 0.6 is 0 Å². The van der Waals surface area contributed by atoms with E-state index in [4.69, 9.17) is 5.11 Å². The maximum atomic E-state index is 12.5. The van der Waals surface area contributed by atoms with Gasteiger partial charge in [0.1, 0.15) is 0 Å². The average Bonchev–Trinajstić information content (AvgIpc) is 2.94. The number of aliphatic hydroxyl groups excluding tert-OH is 1. The van der Waals surface area contributed by atoms with Crippen LogP contribution in [0.3, 0.4) is 0 Å². The van der Waals surface area contributed by atoms with Gasteiger partial charge in [-0.05, 0) is 56.5 Å². The van der Waals surface area contributed by atoms with Crippen LogP contribution in [0.15, 0.2) is 29.2 Å². The molecule has 0 spiro atoms. The Balaban J connectivity index is 1.70. The third-order valence-electron chi connectivity index (χ3n) is 4.53. The Kier molecular flexibility index (Phi) is 4.31. The lowest BCUT2D eigenvalue weighted by Gasteiger charge is -2.34. The van der Waals surface area contributed by atoms with E-state index in [9.17, 15) is 8.42 Å². The number of benzene rings is 1. The van der Waals surface area contributed by atoms with Crippen molar-refractivity contribution in [2.24, 2.45) is 0 Å². The molecule has 0 aromatic heterocycles. The highest BCUT2D eigenvalue weighted by molar-refractivity contribution is 7.89. The van der Waals surface area contributed by atoms with Crippen LogP contribution in [-0.4, -0.2) is 43.6 Å². The summed E-state index contributed by atoms with van der Waals surface area (Å²) in [4.78, 5) is 2.71. The minimum Gasteiger partial charge on any atom is -0.392 e. The smallest absolute Gasteiger partial charge is 0.240 e. The Hall–Kier alpha value is -0.950. The lowest BCUT2D eigenvalue weighted by molar-refractivity contribution is 0.176. The fourth-order valence-electron chi connectivity index (χ4n) is 3.43. The second-order valence-electron chi connectivity index (χ2n) is 5.98. The highest BCUT2D eigenvalue weighted by Gasteiger charge is 2.33. The molecule has 0 amide bonds. The molecular formula is C15H22N2O3S. The van der Waals surface area contributed by atoms with Gasteiger partial charge in [-0.25, -0.2) is 13.1 Å². The molecule has 2 N–H and O–H groups in total. The first-order valence-electron chi connectivity index (χ1n) is 7.55. The molecule has 1 aromatic rings. The van der Waals surface area contributed by atoms with Crippen LogP contribution in [0.1, 0.15) is 31.2 Å². The van der Waals surface area contributed by atoms with Gasteiger partial charge in [0.05, 0.1) is 11.5 Å². The monoisotopic (exact) mass is 310 g/mol. The molecule has 0 radical (unpaired) electrons. The predicted octanol–water partition coefficient (Wildman–Crippen LogP) is 1.08. The van der Waals surface area contributed by atoms with Crippen LogP contribution in [0.4, 0.5) is 0 Å². The van der Waals surface area contributed by atoms with Crippen LogP contribution in [-0.2, 0) is 16.6 Å². The van der Waals surface area contributed by atoms with Gasteiger partial charge in [0, 0.05) is 12.1 Å². The molecule has 2 saturated heterocycles. The van der Waals surface area contributed by atoms with Crippen molar-refractivity contribution >= 4 is 10.0 Å². The first-order chi connectivity index (χ1) is 10.1. The molecule has 21 heavy (non-hydrogen) atoms. The molecule has 2 atom stereocenters. The van der Waals surface area contributed by atoms with E-state index in [2.05, 4.69) is 9.62 Å². The summed E-state index contributed by atoms with van der Waals surface area (Å²) in [5.41, 5.74) is 0.614. The van der Waals surface area contributed by atoms with Gasteiger partial charge in [0.2, 0.25) is 10.0 Å². The van der Waals surface area contributed by atoms with Crippen LogP contribution in [0.25, 0.3) is 0 Å². The number of hydrogen-bond donors (Lipinski definition) is 2. The number of fused-ring (bicyclic) bond motifs is 1. The molecule has 0 aliphatic carbocycles. The minimum absolute atomic E-state index is 0.0205.